The molecule has 10 heteroatoms. The molecule has 0 aromatic heterocycles. The standard InChI is InChI=1S/C46H60O10/c1-3-41(47)51-29-5-7-33-9-13-35(14-10-33)17-19-37-21-25-39(26-22-37)43(49)55-45-46(54-32-31-53-45)56-44(50)40-27-23-38(24-28-40)20-18-36-15-11-34(12-16-36)8-6-30-52-42(48)4-2/h3-4,21-28,33-36,45-46H,1-2,5-20,29-32H2/t33-,34-,35-,36-,45-,46-/m1/s1. The normalized spacial score (nSPS) is 23.6. The van der Waals surface area contributed by atoms with E-state index >= 15 is 0 Å². The lowest BCUT2D eigenvalue weighted by atomic mass is 9.78. The van der Waals surface area contributed by atoms with Gasteiger partial charge in [-0.25, -0.2) is 19.2 Å². The van der Waals surface area contributed by atoms with Crippen molar-refractivity contribution in [3.63, 3.8) is 0 Å². The first-order valence-corrected chi connectivity index (χ1v) is 20.7. The van der Waals surface area contributed by atoms with Gasteiger partial charge in [-0.1, -0.05) is 88.8 Å². The minimum absolute atomic E-state index is 0.210. The zero-order valence-corrected chi connectivity index (χ0v) is 32.9. The van der Waals surface area contributed by atoms with E-state index in [1.807, 2.05) is 24.3 Å². The summed E-state index contributed by atoms with van der Waals surface area (Å²) >= 11 is 0. The van der Waals surface area contributed by atoms with Crippen LogP contribution in [0.3, 0.4) is 0 Å². The molecule has 3 fully saturated rings. The zero-order chi connectivity index (χ0) is 39.5. The molecule has 1 saturated heterocycles. The average Bonchev–Trinajstić information content (AvgIpc) is 3.24. The second-order valence-corrected chi connectivity index (χ2v) is 15.6. The maximum absolute atomic E-state index is 13.1. The fourth-order valence-electron chi connectivity index (χ4n) is 8.19. The molecule has 1 heterocycles. The van der Waals surface area contributed by atoms with Crippen molar-refractivity contribution in [2.45, 2.75) is 115 Å². The minimum Gasteiger partial charge on any atom is -0.463 e. The highest BCUT2D eigenvalue weighted by Gasteiger charge is 2.34. The van der Waals surface area contributed by atoms with Crippen molar-refractivity contribution in [2.75, 3.05) is 26.4 Å². The molecule has 1 aliphatic heterocycles. The number of hydrogen-bond acceptors (Lipinski definition) is 10. The van der Waals surface area contributed by atoms with Crippen LogP contribution in [-0.4, -0.2) is 62.9 Å². The molecule has 2 aromatic rings. The van der Waals surface area contributed by atoms with Gasteiger partial charge in [0.15, 0.2) is 0 Å². The fraction of sp³-hybridized carbons (Fsp3) is 0.565. The Morgan fingerprint density at radius 2 is 0.875 bits per heavy atom. The lowest BCUT2D eigenvalue weighted by Crippen LogP contribution is -2.44. The van der Waals surface area contributed by atoms with Crippen molar-refractivity contribution >= 4 is 23.9 Å². The Morgan fingerprint density at radius 1 is 0.536 bits per heavy atom. The van der Waals surface area contributed by atoms with Crippen LogP contribution in [0, 0.1) is 23.7 Å². The first kappa shape index (κ1) is 42.9. The number of hydrogen-bond donors (Lipinski definition) is 0. The van der Waals surface area contributed by atoms with Crippen LogP contribution in [0.1, 0.15) is 122 Å². The lowest BCUT2D eigenvalue weighted by molar-refractivity contribution is -0.288. The molecule has 2 atom stereocenters. The minimum atomic E-state index is -1.18. The molecular weight excluding hydrogens is 712 g/mol. The van der Waals surface area contributed by atoms with E-state index in [1.54, 1.807) is 24.3 Å². The Balaban J connectivity index is 0.979. The molecule has 2 aliphatic carbocycles. The predicted octanol–water partition coefficient (Wildman–Crippen LogP) is 8.90. The molecule has 5 rings (SSSR count). The lowest BCUT2D eigenvalue weighted by Gasteiger charge is -2.30. The summed E-state index contributed by atoms with van der Waals surface area (Å²) in [6, 6.07) is 14.9. The topological polar surface area (TPSA) is 124 Å². The molecule has 0 bridgehead atoms. The Morgan fingerprint density at radius 3 is 1.21 bits per heavy atom. The molecule has 304 valence electrons. The Kier molecular flexibility index (Phi) is 17.7. The van der Waals surface area contributed by atoms with Crippen molar-refractivity contribution in [1.29, 1.82) is 0 Å². The molecule has 0 radical (unpaired) electrons. The number of carbonyl (C=O) groups is 4. The highest BCUT2D eigenvalue weighted by molar-refractivity contribution is 5.90. The maximum atomic E-state index is 13.1. The highest BCUT2D eigenvalue weighted by atomic mass is 16.8. The van der Waals surface area contributed by atoms with Gasteiger partial charge in [-0.3, -0.25) is 0 Å². The molecule has 0 amide bonds. The van der Waals surface area contributed by atoms with Gasteiger partial charge in [0.05, 0.1) is 37.6 Å². The van der Waals surface area contributed by atoms with E-state index in [9.17, 15) is 19.2 Å². The molecule has 0 N–H and O–H groups in total. The van der Waals surface area contributed by atoms with Crippen molar-refractivity contribution in [1.82, 2.24) is 0 Å². The maximum Gasteiger partial charge on any atom is 0.340 e. The van der Waals surface area contributed by atoms with Gasteiger partial charge in [-0.15, -0.1) is 0 Å². The van der Waals surface area contributed by atoms with Gasteiger partial charge in [0.1, 0.15) is 0 Å². The molecule has 56 heavy (non-hydrogen) atoms. The first-order valence-electron chi connectivity index (χ1n) is 20.7. The van der Waals surface area contributed by atoms with Gasteiger partial charge in [0.2, 0.25) is 0 Å². The third kappa shape index (κ3) is 14.3. The van der Waals surface area contributed by atoms with Gasteiger partial charge >= 0.3 is 23.9 Å². The van der Waals surface area contributed by atoms with Crippen LogP contribution >= 0.6 is 0 Å². The van der Waals surface area contributed by atoms with Crippen LogP contribution in [0.2, 0.25) is 0 Å². The first-order chi connectivity index (χ1) is 27.3. The Labute approximate surface area is 332 Å². The van der Waals surface area contributed by atoms with E-state index in [1.165, 1.54) is 74.6 Å². The summed E-state index contributed by atoms with van der Waals surface area (Å²) < 4.78 is 32.8. The summed E-state index contributed by atoms with van der Waals surface area (Å²) in [5.41, 5.74) is 3.12. The van der Waals surface area contributed by atoms with Crippen LogP contribution < -0.4 is 0 Å². The summed E-state index contributed by atoms with van der Waals surface area (Å²) in [6.07, 6.45) is 17.9. The van der Waals surface area contributed by atoms with Gasteiger partial charge in [0.25, 0.3) is 12.6 Å². The molecule has 3 aliphatic rings. The van der Waals surface area contributed by atoms with Crippen molar-refractivity contribution in [3.8, 4) is 0 Å². The largest absolute Gasteiger partial charge is 0.463 e. The highest BCUT2D eigenvalue weighted by Crippen LogP contribution is 2.35. The predicted molar refractivity (Wildman–Crippen MR) is 212 cm³/mol. The summed E-state index contributed by atoms with van der Waals surface area (Å²) in [6.45, 7) is 8.20. The molecule has 2 aromatic carbocycles. The number of ether oxygens (including phenoxy) is 6. The zero-order valence-electron chi connectivity index (χ0n) is 32.9. The van der Waals surface area contributed by atoms with Gasteiger partial charge in [0, 0.05) is 12.2 Å². The van der Waals surface area contributed by atoms with Gasteiger partial charge < -0.3 is 28.4 Å². The number of aryl methyl sites for hydroxylation is 2. The SMILES string of the molecule is C=CC(=O)OCCC[C@H]1CC[C@H](CCc2ccc(C(=O)O[C@H]3OCCO[C@@H]3OC(=O)c3ccc(CC[C@H]4CC[C@H](CCCOC(=O)C=C)CC4)cc3)cc2)CC1. The third-order valence-corrected chi connectivity index (χ3v) is 11.6. The van der Waals surface area contributed by atoms with E-state index in [0.717, 1.165) is 51.4 Å². The quantitative estimate of drug-likeness (QED) is 0.0558. The van der Waals surface area contributed by atoms with Crippen LogP contribution in [-0.2, 0) is 50.9 Å². The average molecular weight is 773 g/mol. The summed E-state index contributed by atoms with van der Waals surface area (Å²) in [5.74, 6) is 0.929. The van der Waals surface area contributed by atoms with Crippen LogP contribution in [0.4, 0.5) is 0 Å². The number of esters is 4. The van der Waals surface area contributed by atoms with Crippen LogP contribution in [0.25, 0.3) is 0 Å². The number of carbonyl (C=O) groups excluding carboxylic acids is 4. The Hall–Kier alpha value is -4.28. The van der Waals surface area contributed by atoms with Crippen molar-refractivity contribution < 1.29 is 47.6 Å². The van der Waals surface area contributed by atoms with Crippen molar-refractivity contribution in [2.24, 2.45) is 23.7 Å². The number of rotatable bonds is 20. The number of benzene rings is 2. The Bertz CT molecular complexity index is 1430. The molecule has 10 nitrogen and oxygen atoms in total. The van der Waals surface area contributed by atoms with Crippen LogP contribution in [0.5, 0.6) is 0 Å². The van der Waals surface area contributed by atoms with E-state index in [4.69, 9.17) is 28.4 Å². The molecule has 2 saturated carbocycles. The van der Waals surface area contributed by atoms with Gasteiger partial charge in [-0.05, 0) is 110 Å². The van der Waals surface area contributed by atoms with E-state index in [-0.39, 0.29) is 25.2 Å². The molecule has 0 unspecified atom stereocenters. The second-order valence-electron chi connectivity index (χ2n) is 15.6. The summed E-state index contributed by atoms with van der Waals surface area (Å²) in [7, 11) is 0. The van der Waals surface area contributed by atoms with Gasteiger partial charge in [-0.2, -0.15) is 0 Å². The monoisotopic (exact) mass is 772 g/mol. The van der Waals surface area contributed by atoms with E-state index < -0.39 is 24.5 Å². The smallest absolute Gasteiger partial charge is 0.340 e. The third-order valence-electron chi connectivity index (χ3n) is 11.6. The van der Waals surface area contributed by atoms with E-state index in [0.29, 0.717) is 48.0 Å². The summed E-state index contributed by atoms with van der Waals surface area (Å²) in [4.78, 5) is 48.6. The molecule has 0 spiro atoms. The van der Waals surface area contributed by atoms with Crippen molar-refractivity contribution in [3.05, 3.63) is 96.1 Å². The fourth-order valence-corrected chi connectivity index (χ4v) is 8.19. The van der Waals surface area contributed by atoms with E-state index in [2.05, 4.69) is 13.2 Å². The van der Waals surface area contributed by atoms with Crippen LogP contribution in [0.15, 0.2) is 73.8 Å². The second kappa shape index (κ2) is 23.1. The molecular formula is C46H60O10. The summed E-state index contributed by atoms with van der Waals surface area (Å²) in [5, 5.41) is 0.